The number of nitrogens with one attached hydrogen (secondary N) is 2. The van der Waals surface area contributed by atoms with Gasteiger partial charge in [-0.1, -0.05) is 13.8 Å². The van der Waals surface area contributed by atoms with Crippen molar-refractivity contribution in [2.75, 3.05) is 43.6 Å². The molecule has 1 heterocycles. The van der Waals surface area contributed by atoms with E-state index in [0.717, 1.165) is 18.8 Å². The molecule has 1 fully saturated rings. The molecule has 1 aromatic carbocycles. The molecule has 0 unspecified atom stereocenters. The van der Waals surface area contributed by atoms with E-state index in [0.29, 0.717) is 24.5 Å². The van der Waals surface area contributed by atoms with Crippen LogP contribution in [0.1, 0.15) is 24.2 Å². The van der Waals surface area contributed by atoms with Crippen LogP contribution < -0.4 is 15.5 Å². The van der Waals surface area contributed by atoms with Crippen LogP contribution in [0.15, 0.2) is 18.2 Å². The van der Waals surface area contributed by atoms with E-state index in [9.17, 15) is 9.59 Å². The SMILES string of the molecule is COC(=O)c1ccc(N2CCOCC2)c(NC(=S)NC(=O)C(C)C)c1. The molecule has 25 heavy (non-hydrogen) atoms. The van der Waals surface area contributed by atoms with Gasteiger partial charge in [-0.15, -0.1) is 0 Å². The predicted molar refractivity (Wildman–Crippen MR) is 100 cm³/mol. The Labute approximate surface area is 152 Å². The Morgan fingerprint density at radius 3 is 2.56 bits per heavy atom. The van der Waals surface area contributed by atoms with Gasteiger partial charge < -0.3 is 25.0 Å². The fourth-order valence-electron chi connectivity index (χ4n) is 2.37. The molecule has 0 aliphatic carbocycles. The first kappa shape index (κ1) is 19.1. The molecule has 0 spiro atoms. The maximum Gasteiger partial charge on any atom is 0.337 e. The van der Waals surface area contributed by atoms with Gasteiger partial charge in [0.05, 0.1) is 37.3 Å². The number of carbonyl (C=O) groups is 2. The standard InChI is InChI=1S/C17H23N3O4S/c1-11(2)15(21)19-17(25)18-13-10-12(16(22)23-3)4-5-14(13)20-6-8-24-9-7-20/h4-5,10-11H,6-9H2,1-3H3,(H2,18,19,21,25). The maximum atomic E-state index is 11.8. The summed E-state index contributed by atoms with van der Waals surface area (Å²) in [5.74, 6) is -0.789. The van der Waals surface area contributed by atoms with Gasteiger partial charge in [0.15, 0.2) is 5.11 Å². The number of rotatable bonds is 4. The highest BCUT2D eigenvalue weighted by molar-refractivity contribution is 7.80. The number of thiocarbonyl (C=S) groups is 1. The average Bonchev–Trinajstić information content (AvgIpc) is 2.61. The number of methoxy groups -OCH3 is 1. The monoisotopic (exact) mass is 365 g/mol. The summed E-state index contributed by atoms with van der Waals surface area (Å²) in [6.45, 7) is 6.30. The third-order valence-electron chi connectivity index (χ3n) is 3.78. The Kier molecular flexibility index (Phi) is 6.72. The van der Waals surface area contributed by atoms with E-state index in [1.54, 1.807) is 26.0 Å². The van der Waals surface area contributed by atoms with Crippen LogP contribution in [-0.4, -0.2) is 50.4 Å². The predicted octanol–water partition coefficient (Wildman–Crippen LogP) is 1.78. The normalized spacial score (nSPS) is 14.2. The van der Waals surface area contributed by atoms with E-state index in [1.165, 1.54) is 7.11 Å². The summed E-state index contributed by atoms with van der Waals surface area (Å²) in [5.41, 5.74) is 1.93. The van der Waals surface area contributed by atoms with Gasteiger partial charge in [0, 0.05) is 19.0 Å². The quantitative estimate of drug-likeness (QED) is 0.622. The molecular formula is C17H23N3O4S. The van der Waals surface area contributed by atoms with Crippen molar-refractivity contribution in [2.24, 2.45) is 5.92 Å². The zero-order valence-corrected chi connectivity index (χ0v) is 15.4. The summed E-state index contributed by atoms with van der Waals surface area (Å²) in [5, 5.41) is 5.85. The van der Waals surface area contributed by atoms with E-state index in [-0.39, 0.29) is 16.9 Å². The number of hydrogen-bond donors (Lipinski definition) is 2. The van der Waals surface area contributed by atoms with Gasteiger partial charge in [-0.3, -0.25) is 4.79 Å². The summed E-state index contributed by atoms with van der Waals surface area (Å²) in [7, 11) is 1.33. The summed E-state index contributed by atoms with van der Waals surface area (Å²) in [4.78, 5) is 25.8. The fourth-order valence-corrected chi connectivity index (χ4v) is 2.58. The molecule has 0 atom stereocenters. The minimum absolute atomic E-state index is 0.172. The summed E-state index contributed by atoms with van der Waals surface area (Å²) < 4.78 is 10.2. The zero-order chi connectivity index (χ0) is 18.4. The number of esters is 1. The number of ether oxygens (including phenoxy) is 2. The number of benzene rings is 1. The topological polar surface area (TPSA) is 79.9 Å². The Bertz CT molecular complexity index is 657. The van der Waals surface area contributed by atoms with Gasteiger partial charge >= 0.3 is 5.97 Å². The van der Waals surface area contributed by atoms with Crippen molar-refractivity contribution in [3.63, 3.8) is 0 Å². The average molecular weight is 365 g/mol. The lowest BCUT2D eigenvalue weighted by Gasteiger charge is -2.31. The van der Waals surface area contributed by atoms with Crippen molar-refractivity contribution < 1.29 is 19.1 Å². The van der Waals surface area contributed by atoms with Gasteiger partial charge in [0.25, 0.3) is 0 Å². The molecule has 1 amide bonds. The molecular weight excluding hydrogens is 342 g/mol. The molecule has 0 aromatic heterocycles. The molecule has 1 aromatic rings. The van der Waals surface area contributed by atoms with Crippen molar-refractivity contribution in [1.29, 1.82) is 0 Å². The van der Waals surface area contributed by atoms with Crippen LogP contribution in [0.3, 0.4) is 0 Å². The van der Waals surface area contributed by atoms with Crippen molar-refractivity contribution in [3.05, 3.63) is 23.8 Å². The van der Waals surface area contributed by atoms with Gasteiger partial charge in [-0.2, -0.15) is 0 Å². The van der Waals surface area contributed by atoms with E-state index in [4.69, 9.17) is 21.7 Å². The highest BCUT2D eigenvalue weighted by Gasteiger charge is 2.18. The van der Waals surface area contributed by atoms with Crippen LogP contribution in [-0.2, 0) is 14.3 Å². The summed E-state index contributed by atoms with van der Waals surface area (Å²) in [6.07, 6.45) is 0. The zero-order valence-electron chi connectivity index (χ0n) is 14.6. The van der Waals surface area contributed by atoms with Gasteiger partial charge in [-0.25, -0.2) is 4.79 Å². The maximum absolute atomic E-state index is 11.8. The van der Waals surface area contributed by atoms with E-state index >= 15 is 0 Å². The van der Waals surface area contributed by atoms with Crippen molar-refractivity contribution in [2.45, 2.75) is 13.8 Å². The summed E-state index contributed by atoms with van der Waals surface area (Å²) >= 11 is 5.23. The molecule has 1 saturated heterocycles. The van der Waals surface area contributed by atoms with Crippen LogP contribution >= 0.6 is 12.2 Å². The molecule has 0 radical (unpaired) electrons. The third kappa shape index (κ3) is 5.14. The van der Waals surface area contributed by atoms with Gasteiger partial charge in [-0.05, 0) is 30.4 Å². The van der Waals surface area contributed by atoms with Crippen LogP contribution in [0.4, 0.5) is 11.4 Å². The Morgan fingerprint density at radius 2 is 1.96 bits per heavy atom. The van der Waals surface area contributed by atoms with Crippen molar-refractivity contribution in [3.8, 4) is 0 Å². The smallest absolute Gasteiger partial charge is 0.337 e. The first-order valence-electron chi connectivity index (χ1n) is 8.09. The number of amides is 1. The Morgan fingerprint density at radius 1 is 1.28 bits per heavy atom. The summed E-state index contributed by atoms with van der Waals surface area (Å²) in [6, 6.07) is 5.22. The second-order valence-electron chi connectivity index (χ2n) is 5.92. The molecule has 1 aliphatic rings. The lowest BCUT2D eigenvalue weighted by molar-refractivity contribution is -0.122. The molecule has 1 aliphatic heterocycles. The molecule has 0 saturated carbocycles. The molecule has 136 valence electrons. The van der Waals surface area contributed by atoms with E-state index < -0.39 is 5.97 Å². The highest BCUT2D eigenvalue weighted by atomic mass is 32.1. The molecule has 2 rings (SSSR count). The van der Waals surface area contributed by atoms with Crippen LogP contribution in [0, 0.1) is 5.92 Å². The molecule has 0 bridgehead atoms. The van der Waals surface area contributed by atoms with Gasteiger partial charge in [0.2, 0.25) is 5.91 Å². The highest BCUT2D eigenvalue weighted by Crippen LogP contribution is 2.28. The number of anilines is 2. The number of hydrogen-bond acceptors (Lipinski definition) is 6. The van der Waals surface area contributed by atoms with Crippen LogP contribution in [0.5, 0.6) is 0 Å². The van der Waals surface area contributed by atoms with E-state index in [2.05, 4.69) is 15.5 Å². The van der Waals surface area contributed by atoms with Crippen molar-refractivity contribution >= 4 is 40.6 Å². The largest absolute Gasteiger partial charge is 0.465 e. The number of carbonyl (C=O) groups excluding carboxylic acids is 2. The lowest BCUT2D eigenvalue weighted by atomic mass is 10.1. The van der Waals surface area contributed by atoms with E-state index in [1.807, 2.05) is 6.07 Å². The minimum atomic E-state index is -0.436. The lowest BCUT2D eigenvalue weighted by Crippen LogP contribution is -2.39. The Balaban J connectivity index is 2.25. The number of nitrogens with zero attached hydrogens (tertiary/aromatic N) is 1. The van der Waals surface area contributed by atoms with Crippen LogP contribution in [0.2, 0.25) is 0 Å². The fraction of sp³-hybridized carbons (Fsp3) is 0.471. The Hall–Kier alpha value is -2.19. The second kappa shape index (κ2) is 8.77. The number of morpholine rings is 1. The third-order valence-corrected chi connectivity index (χ3v) is 3.98. The molecule has 2 N–H and O–H groups in total. The minimum Gasteiger partial charge on any atom is -0.465 e. The second-order valence-corrected chi connectivity index (χ2v) is 6.33. The molecule has 7 nitrogen and oxygen atoms in total. The first-order chi connectivity index (χ1) is 11.9. The van der Waals surface area contributed by atoms with Gasteiger partial charge in [0.1, 0.15) is 0 Å². The van der Waals surface area contributed by atoms with Crippen molar-refractivity contribution in [1.82, 2.24) is 5.32 Å². The first-order valence-corrected chi connectivity index (χ1v) is 8.50. The van der Waals surface area contributed by atoms with Crippen LogP contribution in [0.25, 0.3) is 0 Å². The molecule has 8 heteroatoms.